The van der Waals surface area contributed by atoms with E-state index in [2.05, 4.69) is 6.58 Å². The fourth-order valence-electron chi connectivity index (χ4n) is 0.136. The molecule has 0 nitrogen and oxygen atoms in total. The molecule has 0 aliphatic rings. The maximum Gasteiger partial charge on any atom is 0 e. The summed E-state index contributed by atoms with van der Waals surface area (Å²) in [5, 5.41) is 0. The summed E-state index contributed by atoms with van der Waals surface area (Å²) in [5.74, 6) is 0. The van der Waals surface area contributed by atoms with Gasteiger partial charge in [0.25, 0.3) is 0 Å². The molecule has 6 heavy (non-hydrogen) atoms. The van der Waals surface area contributed by atoms with Crippen LogP contribution in [-0.4, -0.2) is 17.6 Å². The Morgan fingerprint density at radius 1 is 1.50 bits per heavy atom. The van der Waals surface area contributed by atoms with Crippen molar-refractivity contribution in [2.45, 2.75) is 6.92 Å². The van der Waals surface area contributed by atoms with Crippen molar-refractivity contribution in [3.63, 3.8) is 0 Å². The zero-order valence-electron chi connectivity index (χ0n) is 3.94. The van der Waals surface area contributed by atoms with Gasteiger partial charge in [-0.25, -0.2) is 0 Å². The van der Waals surface area contributed by atoms with Crippen LogP contribution in [0.25, 0.3) is 0 Å². The molecule has 0 aromatic carbocycles. The summed E-state index contributed by atoms with van der Waals surface area (Å²) in [6, 6.07) is 0. The Balaban J connectivity index is 0. The quantitative estimate of drug-likeness (QED) is 0.381. The van der Waals surface area contributed by atoms with Crippen molar-refractivity contribution in [2.75, 3.05) is 0 Å². The Morgan fingerprint density at radius 2 is 2.00 bits per heavy atom. The van der Waals surface area contributed by atoms with E-state index in [0.29, 0.717) is 0 Å². The van der Waals surface area contributed by atoms with Gasteiger partial charge in [0.1, 0.15) is 0 Å². The molecule has 0 aromatic heterocycles. The molecule has 0 saturated heterocycles. The summed E-state index contributed by atoms with van der Waals surface area (Å²) < 4.78 is 0. The topological polar surface area (TPSA) is 0 Å². The van der Waals surface area contributed by atoms with Gasteiger partial charge in [0.2, 0.25) is 0 Å². The van der Waals surface area contributed by atoms with Gasteiger partial charge in [-0.2, -0.15) is 0 Å². The van der Waals surface area contributed by atoms with Gasteiger partial charge in [-0.05, 0) is 6.92 Å². The third-order valence-electron chi connectivity index (χ3n) is 0.329. The smallest absolute Gasteiger partial charge is 0 e. The van der Waals surface area contributed by atoms with E-state index in [1.807, 2.05) is 19.1 Å². The maximum absolute atomic E-state index is 3.46. The van der Waals surface area contributed by atoms with Crippen LogP contribution in [0.4, 0.5) is 0 Å². The molecule has 0 fully saturated rings. The van der Waals surface area contributed by atoms with Crippen LogP contribution in [0.2, 0.25) is 0 Å². The number of hydrogen-bond donors (Lipinski definition) is 0. The molecular weight excluding hydrogens is 133 g/mol. The molecule has 1 heteroatoms. The van der Waals surface area contributed by atoms with Crippen LogP contribution in [0.15, 0.2) is 24.8 Å². The second-order valence-electron chi connectivity index (χ2n) is 0.761. The van der Waals surface area contributed by atoms with E-state index < -0.39 is 0 Å². The van der Waals surface area contributed by atoms with Crippen LogP contribution in [-0.2, 0) is 0 Å². The minimum Gasteiger partial charge on any atom is -0.0991 e. The molecule has 0 N–H and O–H groups in total. The average molecular weight is 141 g/mol. The minimum absolute atomic E-state index is 0. The molecular formula is C5H8Ge. The first-order valence-corrected chi connectivity index (χ1v) is 1.65. The molecule has 0 aliphatic carbocycles. The molecule has 0 bridgehead atoms. The van der Waals surface area contributed by atoms with E-state index in [4.69, 9.17) is 0 Å². The van der Waals surface area contributed by atoms with Crippen molar-refractivity contribution in [3.8, 4) is 0 Å². The van der Waals surface area contributed by atoms with Crippen LogP contribution in [0.5, 0.6) is 0 Å². The number of allylic oxidation sites excluding steroid dienone is 3. The molecule has 0 rings (SSSR count). The van der Waals surface area contributed by atoms with Crippen molar-refractivity contribution in [2.24, 2.45) is 0 Å². The predicted octanol–water partition coefficient (Wildman–Crippen LogP) is 1.37. The molecule has 0 spiro atoms. The van der Waals surface area contributed by atoms with Crippen LogP contribution in [0.1, 0.15) is 6.92 Å². The third kappa shape index (κ3) is 8.98. The first kappa shape index (κ1) is 9.39. The van der Waals surface area contributed by atoms with Crippen molar-refractivity contribution in [1.29, 1.82) is 0 Å². The van der Waals surface area contributed by atoms with E-state index in [1.54, 1.807) is 6.08 Å². The van der Waals surface area contributed by atoms with Gasteiger partial charge in [0, 0.05) is 17.6 Å². The van der Waals surface area contributed by atoms with Gasteiger partial charge >= 0.3 is 0 Å². The van der Waals surface area contributed by atoms with Crippen molar-refractivity contribution < 1.29 is 0 Å². The van der Waals surface area contributed by atoms with Gasteiger partial charge < -0.3 is 0 Å². The zero-order chi connectivity index (χ0) is 4.12. The molecule has 0 aliphatic heterocycles. The summed E-state index contributed by atoms with van der Waals surface area (Å²) in [5.41, 5.74) is 0. The van der Waals surface area contributed by atoms with Gasteiger partial charge in [-0.1, -0.05) is 24.8 Å². The van der Waals surface area contributed by atoms with E-state index >= 15 is 0 Å². The summed E-state index contributed by atoms with van der Waals surface area (Å²) in [6.45, 7) is 5.42. The molecule has 0 amide bonds. The van der Waals surface area contributed by atoms with Gasteiger partial charge in [0.15, 0.2) is 0 Å². The fraction of sp³-hybridized carbons (Fsp3) is 0.200. The van der Waals surface area contributed by atoms with Crippen molar-refractivity contribution in [1.82, 2.24) is 0 Å². The predicted molar refractivity (Wildman–Crippen MR) is 30.8 cm³/mol. The molecule has 0 heterocycles. The van der Waals surface area contributed by atoms with Crippen LogP contribution < -0.4 is 0 Å². The van der Waals surface area contributed by atoms with Crippen LogP contribution in [0.3, 0.4) is 0 Å². The summed E-state index contributed by atoms with van der Waals surface area (Å²) in [4.78, 5) is 0. The summed E-state index contributed by atoms with van der Waals surface area (Å²) >= 11 is 0. The monoisotopic (exact) mass is 142 g/mol. The van der Waals surface area contributed by atoms with Gasteiger partial charge in [0.05, 0.1) is 0 Å². The second kappa shape index (κ2) is 8.90. The van der Waals surface area contributed by atoms with E-state index in [0.717, 1.165) is 0 Å². The Bertz CT molecular complexity index is 45.9. The zero-order valence-corrected chi connectivity index (χ0v) is 6.04. The SMILES string of the molecule is C=CC=CC.[Ge]. The molecule has 32 valence electrons. The van der Waals surface area contributed by atoms with Crippen molar-refractivity contribution >= 4 is 17.6 Å². The van der Waals surface area contributed by atoms with Crippen molar-refractivity contribution in [3.05, 3.63) is 24.8 Å². The number of rotatable bonds is 1. The van der Waals surface area contributed by atoms with E-state index in [1.165, 1.54) is 0 Å². The number of hydrogen-bond acceptors (Lipinski definition) is 0. The Kier molecular flexibility index (Phi) is 13.9. The first-order valence-electron chi connectivity index (χ1n) is 1.65. The molecule has 0 saturated carbocycles. The Morgan fingerprint density at radius 3 is 2.00 bits per heavy atom. The minimum atomic E-state index is 0. The van der Waals surface area contributed by atoms with E-state index in [9.17, 15) is 0 Å². The molecule has 0 aromatic rings. The maximum atomic E-state index is 3.46. The second-order valence-corrected chi connectivity index (χ2v) is 0.761. The Hall–Kier alpha value is 0.0229. The van der Waals surface area contributed by atoms with E-state index in [-0.39, 0.29) is 17.6 Å². The van der Waals surface area contributed by atoms with Crippen LogP contribution >= 0.6 is 0 Å². The summed E-state index contributed by atoms with van der Waals surface area (Å²) in [7, 11) is 0. The normalized spacial score (nSPS) is 7.50. The first-order chi connectivity index (χ1) is 2.41. The largest absolute Gasteiger partial charge is 0.0991 e. The fourth-order valence-corrected chi connectivity index (χ4v) is 0.136. The van der Waals surface area contributed by atoms with Gasteiger partial charge in [-0.3, -0.25) is 0 Å². The average Bonchev–Trinajstić information content (AvgIpc) is 1.41. The summed E-state index contributed by atoms with van der Waals surface area (Å²) in [6.07, 6.45) is 5.58. The Labute approximate surface area is 49.9 Å². The molecule has 4 radical (unpaired) electrons. The van der Waals surface area contributed by atoms with Gasteiger partial charge in [-0.15, -0.1) is 0 Å². The standard InChI is InChI=1S/C5H8.Ge/c1-3-5-4-2;/h3-5H,1H2,2H3;. The molecule has 0 atom stereocenters. The van der Waals surface area contributed by atoms with Crippen LogP contribution in [0, 0.1) is 0 Å². The molecule has 0 unspecified atom stereocenters. The third-order valence-corrected chi connectivity index (χ3v) is 0.329.